The van der Waals surface area contributed by atoms with Crippen LogP contribution in [0, 0.1) is 11.3 Å². The van der Waals surface area contributed by atoms with Gasteiger partial charge in [-0.25, -0.2) is 4.79 Å². The molecule has 2 aliphatic rings. The van der Waals surface area contributed by atoms with Gasteiger partial charge in [0.15, 0.2) is 0 Å². The summed E-state index contributed by atoms with van der Waals surface area (Å²) in [5.74, 6) is 1.23. The first kappa shape index (κ1) is 16.1. The molecular weight excluding hydrogens is 296 g/mol. The summed E-state index contributed by atoms with van der Waals surface area (Å²) in [6.07, 6.45) is 1.38. The number of methoxy groups -OCH3 is 3. The van der Waals surface area contributed by atoms with Crippen LogP contribution in [0.5, 0.6) is 5.88 Å². The predicted octanol–water partition coefficient (Wildman–Crippen LogP) is 2.13. The summed E-state index contributed by atoms with van der Waals surface area (Å²) >= 11 is 0. The Morgan fingerprint density at radius 2 is 2.04 bits per heavy atom. The number of pyridine rings is 1. The van der Waals surface area contributed by atoms with E-state index in [0.29, 0.717) is 23.4 Å². The number of nitrogens with zero attached hydrogens (tertiary/aromatic N) is 2. The lowest BCUT2D eigenvalue weighted by Gasteiger charge is -2.57. The zero-order valence-corrected chi connectivity index (χ0v) is 14.3. The molecule has 0 radical (unpaired) electrons. The number of carbonyl (C=O) groups excluding carboxylic acids is 1. The molecule has 0 spiro atoms. The number of hydrogen-bond donors (Lipinski definition) is 0. The van der Waals surface area contributed by atoms with E-state index >= 15 is 0 Å². The molecule has 2 heterocycles. The third-order valence-corrected chi connectivity index (χ3v) is 5.32. The first-order valence-corrected chi connectivity index (χ1v) is 7.88. The summed E-state index contributed by atoms with van der Waals surface area (Å²) in [5, 5.41) is 0. The van der Waals surface area contributed by atoms with Crippen molar-refractivity contribution in [1.82, 2.24) is 4.98 Å². The first-order valence-electron chi connectivity index (χ1n) is 7.88. The van der Waals surface area contributed by atoms with Gasteiger partial charge in [0.2, 0.25) is 5.88 Å². The van der Waals surface area contributed by atoms with E-state index in [-0.39, 0.29) is 11.5 Å². The molecule has 0 amide bonds. The second-order valence-corrected chi connectivity index (χ2v) is 6.79. The van der Waals surface area contributed by atoms with Crippen molar-refractivity contribution in [3.63, 3.8) is 0 Å². The average Bonchev–Trinajstić information content (AvgIpc) is 2.96. The van der Waals surface area contributed by atoms with Crippen LogP contribution in [0.1, 0.15) is 30.6 Å². The largest absolute Gasteiger partial charge is 0.480 e. The number of rotatable bonds is 4. The molecule has 6 nitrogen and oxygen atoms in total. The Bertz CT molecular complexity index is 617. The Labute approximate surface area is 136 Å². The molecule has 1 aromatic heterocycles. The number of hydrogen-bond acceptors (Lipinski definition) is 6. The summed E-state index contributed by atoms with van der Waals surface area (Å²) in [6, 6.07) is 3.99. The van der Waals surface area contributed by atoms with Crippen LogP contribution in [0.3, 0.4) is 0 Å². The van der Waals surface area contributed by atoms with Gasteiger partial charge in [0, 0.05) is 31.0 Å². The Morgan fingerprint density at radius 3 is 2.65 bits per heavy atom. The Kier molecular flexibility index (Phi) is 3.96. The van der Waals surface area contributed by atoms with E-state index < -0.39 is 5.97 Å². The van der Waals surface area contributed by atoms with Gasteiger partial charge < -0.3 is 19.1 Å². The number of anilines is 1. The first-order chi connectivity index (χ1) is 11.0. The van der Waals surface area contributed by atoms with Crippen LogP contribution < -0.4 is 9.64 Å². The van der Waals surface area contributed by atoms with E-state index in [1.54, 1.807) is 13.2 Å². The smallest absolute Gasteiger partial charge is 0.343 e. The monoisotopic (exact) mass is 320 g/mol. The van der Waals surface area contributed by atoms with Crippen LogP contribution in [-0.2, 0) is 9.47 Å². The zero-order chi connectivity index (χ0) is 16.8. The van der Waals surface area contributed by atoms with Gasteiger partial charge in [0.05, 0.1) is 20.3 Å². The highest BCUT2D eigenvalue weighted by atomic mass is 16.5. The minimum atomic E-state index is -0.441. The molecule has 0 N–H and O–H groups in total. The fraction of sp³-hybridized carbons (Fsp3) is 0.647. The highest BCUT2D eigenvalue weighted by Gasteiger charge is 2.61. The van der Waals surface area contributed by atoms with Crippen molar-refractivity contribution in [2.75, 3.05) is 32.8 Å². The molecule has 1 aliphatic heterocycles. The van der Waals surface area contributed by atoms with Crippen molar-refractivity contribution in [2.45, 2.75) is 32.4 Å². The number of carbonyl (C=O) groups is 1. The van der Waals surface area contributed by atoms with Gasteiger partial charge in [0.1, 0.15) is 11.4 Å². The molecule has 1 saturated heterocycles. The second kappa shape index (κ2) is 5.67. The normalized spacial score (nSPS) is 28.0. The third kappa shape index (κ3) is 2.27. The lowest BCUT2D eigenvalue weighted by atomic mass is 9.57. The van der Waals surface area contributed by atoms with Crippen LogP contribution in [0.15, 0.2) is 12.1 Å². The lowest BCUT2D eigenvalue weighted by molar-refractivity contribution is -0.129. The van der Waals surface area contributed by atoms with Crippen molar-refractivity contribution in [1.29, 1.82) is 0 Å². The van der Waals surface area contributed by atoms with Gasteiger partial charge in [0.25, 0.3) is 0 Å². The van der Waals surface area contributed by atoms with E-state index in [4.69, 9.17) is 14.2 Å². The molecule has 0 aromatic carbocycles. The molecule has 1 saturated carbocycles. The zero-order valence-electron chi connectivity index (χ0n) is 14.3. The quantitative estimate of drug-likeness (QED) is 0.792. The molecule has 2 fully saturated rings. The Hall–Kier alpha value is -1.82. The summed E-state index contributed by atoms with van der Waals surface area (Å²) in [6.45, 7) is 5.41. The topological polar surface area (TPSA) is 60.9 Å². The summed E-state index contributed by atoms with van der Waals surface area (Å²) < 4.78 is 15.7. The third-order valence-electron chi connectivity index (χ3n) is 5.32. The van der Waals surface area contributed by atoms with Gasteiger partial charge >= 0.3 is 5.97 Å². The highest BCUT2D eigenvalue weighted by Crippen LogP contribution is 2.55. The second-order valence-electron chi connectivity index (χ2n) is 6.79. The molecular formula is C17H24N2O4. The van der Waals surface area contributed by atoms with E-state index in [1.165, 1.54) is 14.2 Å². The Morgan fingerprint density at radius 1 is 1.30 bits per heavy atom. The number of ether oxygens (including phenoxy) is 3. The van der Waals surface area contributed by atoms with Crippen molar-refractivity contribution in [3.05, 3.63) is 17.7 Å². The van der Waals surface area contributed by atoms with Gasteiger partial charge in [-0.3, -0.25) is 0 Å². The van der Waals surface area contributed by atoms with Crippen molar-refractivity contribution >= 4 is 11.8 Å². The highest BCUT2D eigenvalue weighted by molar-refractivity contribution is 5.92. The average molecular weight is 320 g/mol. The van der Waals surface area contributed by atoms with Crippen LogP contribution in [0.25, 0.3) is 0 Å². The van der Waals surface area contributed by atoms with Gasteiger partial charge in [-0.05, 0) is 18.6 Å². The molecule has 0 bridgehead atoms. The van der Waals surface area contributed by atoms with Gasteiger partial charge in [-0.1, -0.05) is 13.8 Å². The number of fused-ring (bicyclic) bond motifs is 1. The molecule has 3 atom stereocenters. The van der Waals surface area contributed by atoms with E-state index in [1.807, 2.05) is 6.07 Å². The van der Waals surface area contributed by atoms with Gasteiger partial charge in [-0.15, -0.1) is 0 Å². The fourth-order valence-electron chi connectivity index (χ4n) is 4.44. The maximum Gasteiger partial charge on any atom is 0.343 e. The molecule has 3 rings (SSSR count). The lowest BCUT2D eigenvalue weighted by Crippen LogP contribution is -2.65. The molecule has 1 unspecified atom stereocenters. The number of aromatic nitrogens is 1. The van der Waals surface area contributed by atoms with Crippen LogP contribution in [0.4, 0.5) is 5.82 Å². The summed E-state index contributed by atoms with van der Waals surface area (Å²) in [7, 11) is 4.65. The molecule has 126 valence electrons. The summed E-state index contributed by atoms with van der Waals surface area (Å²) in [4.78, 5) is 18.6. The van der Waals surface area contributed by atoms with Crippen LogP contribution in [-0.4, -0.2) is 51.0 Å². The fourth-order valence-corrected chi connectivity index (χ4v) is 4.44. The Balaban J connectivity index is 1.90. The predicted molar refractivity (Wildman–Crippen MR) is 85.9 cm³/mol. The van der Waals surface area contributed by atoms with Gasteiger partial charge in [-0.2, -0.15) is 4.98 Å². The SMILES string of the molecule is COC(=O)c1ccc(N2CC[C@H]3C(OC)C(C)(C)[C@H]32)nc1OC. The van der Waals surface area contributed by atoms with Crippen LogP contribution >= 0.6 is 0 Å². The molecule has 1 aliphatic carbocycles. The molecule has 23 heavy (non-hydrogen) atoms. The van der Waals surface area contributed by atoms with E-state index in [0.717, 1.165) is 18.8 Å². The number of esters is 1. The standard InChI is InChI=1S/C17H24N2O4/c1-17(2)13-10(14(17)21-3)8-9-19(13)12-7-6-11(16(20)23-5)15(18-12)22-4/h6-7,10,13-14H,8-9H2,1-5H3/t10-,13+,14?/m1/s1. The van der Waals surface area contributed by atoms with E-state index in [9.17, 15) is 4.79 Å². The molecule has 6 heteroatoms. The maximum absolute atomic E-state index is 11.8. The minimum absolute atomic E-state index is 0.0753. The summed E-state index contributed by atoms with van der Waals surface area (Å²) in [5.41, 5.74) is 0.420. The van der Waals surface area contributed by atoms with Crippen molar-refractivity contribution < 1.29 is 19.0 Å². The van der Waals surface area contributed by atoms with E-state index in [2.05, 4.69) is 23.7 Å². The minimum Gasteiger partial charge on any atom is -0.480 e. The van der Waals surface area contributed by atoms with Crippen LogP contribution in [0.2, 0.25) is 0 Å². The molecule has 1 aromatic rings. The maximum atomic E-state index is 11.8. The van der Waals surface area contributed by atoms with Crippen molar-refractivity contribution in [2.24, 2.45) is 11.3 Å². The van der Waals surface area contributed by atoms with Crippen molar-refractivity contribution in [3.8, 4) is 5.88 Å².